The summed E-state index contributed by atoms with van der Waals surface area (Å²) in [6.07, 6.45) is -3.18. The maximum absolute atomic E-state index is 13.4. The van der Waals surface area contributed by atoms with Crippen molar-refractivity contribution >= 4 is 26.6 Å². The summed E-state index contributed by atoms with van der Waals surface area (Å²) in [6, 6.07) is 12.6. The largest absolute Gasteiger partial charge is 0.496 e. The Balaban J connectivity index is 1.94. The van der Waals surface area contributed by atoms with Crippen molar-refractivity contribution in [1.29, 1.82) is 0 Å². The number of H-pyrrole nitrogens is 1. The van der Waals surface area contributed by atoms with Gasteiger partial charge in [0.15, 0.2) is 0 Å². The molecule has 2 aromatic heterocycles. The lowest BCUT2D eigenvalue weighted by atomic mass is 9.95. The van der Waals surface area contributed by atoms with E-state index in [0.717, 1.165) is 6.26 Å². The van der Waals surface area contributed by atoms with Gasteiger partial charge in [-0.05, 0) is 48.9 Å². The Hall–Kier alpha value is -3.86. The Labute approximate surface area is 205 Å². The lowest BCUT2D eigenvalue weighted by Crippen LogP contribution is -2.14. The molecule has 0 saturated carbocycles. The van der Waals surface area contributed by atoms with Gasteiger partial charge < -0.3 is 9.72 Å². The lowest BCUT2D eigenvalue weighted by molar-refractivity contribution is -0.127. The number of hydrogen-bond acceptors (Lipinski definition) is 5. The first-order chi connectivity index (χ1) is 16.8. The zero-order valence-corrected chi connectivity index (χ0v) is 20.3. The number of nitrogens with zero attached hydrogens (tertiary/aromatic N) is 1. The van der Waals surface area contributed by atoms with Crippen molar-refractivity contribution in [2.45, 2.75) is 19.5 Å². The van der Waals surface area contributed by atoms with E-state index in [2.05, 4.69) is 14.7 Å². The summed E-state index contributed by atoms with van der Waals surface area (Å²) in [7, 11) is -2.17. The smallest absolute Gasteiger partial charge is 0.393 e. The number of methoxy groups -OCH3 is 1. The predicted octanol–water partition coefficient (Wildman–Crippen LogP) is 5.05. The summed E-state index contributed by atoms with van der Waals surface area (Å²) in [5.74, 6) is 0.0133. The molecule has 7 nitrogen and oxygen atoms in total. The average Bonchev–Trinajstić information content (AvgIpc) is 2.77. The quantitative estimate of drug-likeness (QED) is 0.373. The lowest BCUT2D eigenvalue weighted by Gasteiger charge is -2.17. The molecule has 0 aliphatic carbocycles. The van der Waals surface area contributed by atoms with Gasteiger partial charge in [0, 0.05) is 45.2 Å². The topological polar surface area (TPSA) is 101 Å². The minimum atomic E-state index is -4.51. The normalized spacial score (nSPS) is 12.1. The third kappa shape index (κ3) is 5.51. The maximum atomic E-state index is 13.4. The van der Waals surface area contributed by atoms with Crippen molar-refractivity contribution in [2.75, 3.05) is 18.1 Å². The molecule has 0 fully saturated rings. The number of fused-ring (bicyclic) bond motifs is 1. The SMILES string of the molecule is COc1c(CC(F)(F)F)cc(-c2ccc(C)[nH]c2=O)c2ncc(-c3ccc(NS(C)(=O)=O)cc3)cc12. The molecule has 4 rings (SSSR count). The van der Waals surface area contributed by atoms with Crippen LogP contribution in [0.15, 0.2) is 59.5 Å². The molecule has 0 aliphatic heterocycles. The number of anilines is 1. The number of alkyl halides is 3. The van der Waals surface area contributed by atoms with E-state index in [1.807, 2.05) is 0 Å². The third-order valence-electron chi connectivity index (χ3n) is 5.46. The molecular weight excluding hydrogens is 495 g/mol. The van der Waals surface area contributed by atoms with Gasteiger partial charge in [-0.15, -0.1) is 0 Å². The monoisotopic (exact) mass is 517 g/mol. The molecule has 0 atom stereocenters. The van der Waals surface area contributed by atoms with Crippen molar-refractivity contribution in [2.24, 2.45) is 0 Å². The van der Waals surface area contributed by atoms with Crippen molar-refractivity contribution in [3.8, 4) is 28.0 Å². The number of hydrogen-bond donors (Lipinski definition) is 2. The summed E-state index contributed by atoms with van der Waals surface area (Å²) in [5, 5.41) is 0.310. The molecule has 0 aliphatic rings. The minimum Gasteiger partial charge on any atom is -0.496 e. The van der Waals surface area contributed by atoms with Gasteiger partial charge in [-0.1, -0.05) is 12.1 Å². The van der Waals surface area contributed by atoms with Gasteiger partial charge in [-0.25, -0.2) is 8.42 Å². The first kappa shape index (κ1) is 25.2. The van der Waals surface area contributed by atoms with Crippen LogP contribution in [0.25, 0.3) is 33.2 Å². The van der Waals surface area contributed by atoms with Crippen LogP contribution >= 0.6 is 0 Å². The van der Waals surface area contributed by atoms with Crippen LogP contribution in [-0.4, -0.2) is 37.9 Å². The van der Waals surface area contributed by atoms with Crippen LogP contribution in [0.4, 0.5) is 18.9 Å². The van der Waals surface area contributed by atoms with Gasteiger partial charge in [0.05, 0.1) is 25.3 Å². The number of rotatable bonds is 6. The molecule has 2 N–H and O–H groups in total. The van der Waals surface area contributed by atoms with Crippen molar-refractivity contribution < 1.29 is 26.3 Å². The third-order valence-corrected chi connectivity index (χ3v) is 6.07. The van der Waals surface area contributed by atoms with Crippen molar-refractivity contribution in [3.05, 3.63) is 76.3 Å². The first-order valence-corrected chi connectivity index (χ1v) is 12.6. The first-order valence-electron chi connectivity index (χ1n) is 10.7. The number of halogens is 3. The highest BCUT2D eigenvalue weighted by Gasteiger charge is 2.31. The molecule has 188 valence electrons. The number of aromatic amines is 1. The van der Waals surface area contributed by atoms with Gasteiger partial charge in [0.1, 0.15) is 5.75 Å². The number of aromatic nitrogens is 2. The Morgan fingerprint density at radius 3 is 2.31 bits per heavy atom. The molecule has 0 unspecified atom stereocenters. The standard InChI is InChI=1S/C25H22F3N3O4S/c1-14-4-9-19(24(32)30-14)20-10-16(12-25(26,27)28)23(35-2)21-11-17(13-29-22(20)21)15-5-7-18(8-6-15)31-36(3,33)34/h4-11,13,31H,12H2,1-3H3,(H,30,32). The van der Waals surface area contributed by atoms with Gasteiger partial charge >= 0.3 is 6.18 Å². The fourth-order valence-corrected chi connectivity index (χ4v) is 4.58. The molecule has 0 radical (unpaired) electrons. The van der Waals surface area contributed by atoms with E-state index in [0.29, 0.717) is 33.4 Å². The van der Waals surface area contributed by atoms with E-state index in [1.54, 1.807) is 49.4 Å². The van der Waals surface area contributed by atoms with Crippen molar-refractivity contribution in [1.82, 2.24) is 9.97 Å². The van der Waals surface area contributed by atoms with Crippen LogP contribution in [-0.2, 0) is 16.4 Å². The predicted molar refractivity (Wildman–Crippen MR) is 133 cm³/mol. The van der Waals surface area contributed by atoms with E-state index < -0.39 is 28.2 Å². The van der Waals surface area contributed by atoms with Gasteiger partial charge in [-0.3, -0.25) is 14.5 Å². The molecular formula is C25H22F3N3O4S. The van der Waals surface area contributed by atoms with Gasteiger partial charge in [-0.2, -0.15) is 13.2 Å². The molecule has 2 aromatic carbocycles. The van der Waals surface area contributed by atoms with Crippen LogP contribution in [0.2, 0.25) is 0 Å². The number of sulfonamides is 1. The Morgan fingerprint density at radius 1 is 1.03 bits per heavy atom. The Kier molecular flexibility index (Phi) is 6.52. The second-order valence-electron chi connectivity index (χ2n) is 8.36. The Bertz CT molecular complexity index is 1610. The average molecular weight is 518 g/mol. The van der Waals surface area contributed by atoms with E-state index in [1.165, 1.54) is 19.4 Å². The number of nitrogens with one attached hydrogen (secondary N) is 2. The zero-order chi connectivity index (χ0) is 26.3. The highest BCUT2D eigenvalue weighted by atomic mass is 32.2. The number of aryl methyl sites for hydroxylation is 1. The van der Waals surface area contributed by atoms with E-state index in [4.69, 9.17) is 4.74 Å². The molecule has 36 heavy (non-hydrogen) atoms. The molecule has 0 spiro atoms. The van der Waals surface area contributed by atoms with E-state index >= 15 is 0 Å². The van der Waals surface area contributed by atoms with E-state index in [9.17, 15) is 26.4 Å². The van der Waals surface area contributed by atoms with E-state index in [-0.39, 0.29) is 22.4 Å². The highest BCUT2D eigenvalue weighted by molar-refractivity contribution is 7.92. The van der Waals surface area contributed by atoms with Crippen LogP contribution in [0, 0.1) is 6.92 Å². The summed E-state index contributed by atoms with van der Waals surface area (Å²) < 4.78 is 71.0. The molecule has 2 heterocycles. The maximum Gasteiger partial charge on any atom is 0.393 e. The van der Waals surface area contributed by atoms with Crippen LogP contribution in [0.1, 0.15) is 11.3 Å². The van der Waals surface area contributed by atoms with Crippen LogP contribution in [0.5, 0.6) is 5.75 Å². The zero-order valence-electron chi connectivity index (χ0n) is 19.5. The van der Waals surface area contributed by atoms with Gasteiger partial charge in [0.2, 0.25) is 10.0 Å². The summed E-state index contributed by atoms with van der Waals surface area (Å²) in [4.78, 5) is 19.8. The number of benzene rings is 2. The van der Waals surface area contributed by atoms with Gasteiger partial charge in [0.25, 0.3) is 5.56 Å². The van der Waals surface area contributed by atoms with Crippen LogP contribution in [0.3, 0.4) is 0 Å². The Morgan fingerprint density at radius 2 is 1.72 bits per heavy atom. The highest BCUT2D eigenvalue weighted by Crippen LogP contribution is 2.40. The number of pyridine rings is 2. The van der Waals surface area contributed by atoms with Crippen molar-refractivity contribution in [3.63, 3.8) is 0 Å². The summed E-state index contributed by atoms with van der Waals surface area (Å²) >= 11 is 0. The number of ether oxygens (including phenoxy) is 1. The fraction of sp³-hybridized carbons (Fsp3) is 0.200. The second-order valence-corrected chi connectivity index (χ2v) is 10.1. The molecule has 0 amide bonds. The molecule has 0 saturated heterocycles. The summed E-state index contributed by atoms with van der Waals surface area (Å²) in [6.45, 7) is 1.70. The minimum absolute atomic E-state index is 0.0133. The molecule has 11 heteroatoms. The second kappa shape index (κ2) is 9.30. The van der Waals surface area contributed by atoms with Crippen LogP contribution < -0.4 is 15.0 Å². The molecule has 4 aromatic rings. The molecule has 0 bridgehead atoms. The summed E-state index contributed by atoms with van der Waals surface area (Å²) in [5.41, 5.74) is 2.38. The fourth-order valence-electron chi connectivity index (χ4n) is 4.01.